The quantitative estimate of drug-likeness (QED) is 0.768. The molecule has 4 nitrogen and oxygen atoms in total. The van der Waals surface area contributed by atoms with E-state index in [1.165, 1.54) is 5.56 Å². The van der Waals surface area contributed by atoms with Crippen LogP contribution in [-0.2, 0) is 4.79 Å². The molecule has 1 aromatic carbocycles. The molecule has 112 valence electrons. The van der Waals surface area contributed by atoms with Gasteiger partial charge in [-0.2, -0.15) is 0 Å². The van der Waals surface area contributed by atoms with Crippen molar-refractivity contribution in [2.45, 2.75) is 40.2 Å². The van der Waals surface area contributed by atoms with Crippen LogP contribution in [0.15, 0.2) is 18.2 Å². The average Bonchev–Trinajstić information content (AvgIpc) is 2.41. The first kappa shape index (κ1) is 16.5. The highest BCUT2D eigenvalue weighted by molar-refractivity contribution is 5.75. The summed E-state index contributed by atoms with van der Waals surface area (Å²) in [6, 6.07) is 6.38. The molecule has 1 amide bonds. The third kappa shape index (κ3) is 5.21. The second-order valence-corrected chi connectivity index (χ2v) is 4.87. The lowest BCUT2D eigenvalue weighted by Crippen LogP contribution is -2.24. The number of carbonyl (C=O) groups excluding carboxylic acids is 1. The van der Waals surface area contributed by atoms with E-state index in [4.69, 9.17) is 4.74 Å². The number of ether oxygens (including phenoxy) is 1. The van der Waals surface area contributed by atoms with Gasteiger partial charge in [0.05, 0.1) is 13.0 Å². The van der Waals surface area contributed by atoms with Gasteiger partial charge in [0.15, 0.2) is 0 Å². The van der Waals surface area contributed by atoms with Crippen molar-refractivity contribution in [1.82, 2.24) is 10.6 Å². The van der Waals surface area contributed by atoms with Crippen LogP contribution in [0.5, 0.6) is 5.75 Å². The fraction of sp³-hybridized carbons (Fsp3) is 0.562. The zero-order chi connectivity index (χ0) is 15.0. The number of carbonyl (C=O) groups is 1. The first-order valence-electron chi connectivity index (χ1n) is 7.31. The van der Waals surface area contributed by atoms with E-state index in [0.29, 0.717) is 19.6 Å². The minimum atomic E-state index is 0.0286. The summed E-state index contributed by atoms with van der Waals surface area (Å²) < 4.78 is 5.78. The maximum absolute atomic E-state index is 11.4. The van der Waals surface area contributed by atoms with Gasteiger partial charge >= 0.3 is 0 Å². The zero-order valence-electron chi connectivity index (χ0n) is 13.0. The van der Waals surface area contributed by atoms with Gasteiger partial charge in [0.2, 0.25) is 5.91 Å². The molecular weight excluding hydrogens is 252 g/mol. The lowest BCUT2D eigenvalue weighted by atomic mass is 10.0. The summed E-state index contributed by atoms with van der Waals surface area (Å²) in [5.41, 5.74) is 2.35. The van der Waals surface area contributed by atoms with Crippen LogP contribution in [0.4, 0.5) is 0 Å². The number of hydrogen-bond donors (Lipinski definition) is 2. The topological polar surface area (TPSA) is 50.4 Å². The van der Waals surface area contributed by atoms with Gasteiger partial charge in [-0.15, -0.1) is 0 Å². The Labute approximate surface area is 121 Å². The monoisotopic (exact) mass is 278 g/mol. The third-order valence-corrected chi connectivity index (χ3v) is 3.10. The van der Waals surface area contributed by atoms with E-state index in [2.05, 4.69) is 37.5 Å². The second kappa shape index (κ2) is 8.59. The average molecular weight is 278 g/mol. The summed E-state index contributed by atoms with van der Waals surface area (Å²) in [7, 11) is 0. The number of amides is 1. The van der Waals surface area contributed by atoms with Crippen LogP contribution >= 0.6 is 0 Å². The van der Waals surface area contributed by atoms with E-state index in [9.17, 15) is 4.79 Å². The molecule has 4 heteroatoms. The largest absolute Gasteiger partial charge is 0.493 e. The molecule has 20 heavy (non-hydrogen) atoms. The molecule has 0 aliphatic rings. The van der Waals surface area contributed by atoms with Gasteiger partial charge in [-0.3, -0.25) is 4.79 Å². The predicted molar refractivity (Wildman–Crippen MR) is 82.1 cm³/mol. The fourth-order valence-electron chi connectivity index (χ4n) is 2.09. The standard InChI is InChI=1S/C16H26N2O2/c1-5-17-13(4)14-11-12(3)7-8-15(14)20-10-9-16(19)18-6-2/h7-8,11,13,17H,5-6,9-10H2,1-4H3,(H,18,19). The molecule has 0 fully saturated rings. The lowest BCUT2D eigenvalue weighted by Gasteiger charge is -2.18. The van der Waals surface area contributed by atoms with Crippen molar-refractivity contribution < 1.29 is 9.53 Å². The highest BCUT2D eigenvalue weighted by Gasteiger charge is 2.11. The predicted octanol–water partition coefficient (Wildman–Crippen LogP) is 2.57. The smallest absolute Gasteiger partial charge is 0.223 e. The Hall–Kier alpha value is -1.55. The van der Waals surface area contributed by atoms with Crippen LogP contribution in [0.25, 0.3) is 0 Å². The maximum Gasteiger partial charge on any atom is 0.223 e. The maximum atomic E-state index is 11.4. The molecular formula is C16H26N2O2. The molecule has 0 heterocycles. The Morgan fingerprint density at radius 1 is 1.30 bits per heavy atom. The van der Waals surface area contributed by atoms with Gasteiger partial charge in [0.1, 0.15) is 5.75 Å². The van der Waals surface area contributed by atoms with Gasteiger partial charge in [-0.05, 0) is 33.4 Å². The molecule has 0 saturated carbocycles. The van der Waals surface area contributed by atoms with E-state index in [0.717, 1.165) is 17.9 Å². The van der Waals surface area contributed by atoms with Crippen molar-refractivity contribution in [2.75, 3.05) is 19.7 Å². The van der Waals surface area contributed by atoms with Crippen molar-refractivity contribution in [1.29, 1.82) is 0 Å². The van der Waals surface area contributed by atoms with Crippen molar-refractivity contribution in [2.24, 2.45) is 0 Å². The normalized spacial score (nSPS) is 12.0. The van der Waals surface area contributed by atoms with Gasteiger partial charge < -0.3 is 15.4 Å². The van der Waals surface area contributed by atoms with Crippen molar-refractivity contribution in [3.63, 3.8) is 0 Å². The van der Waals surface area contributed by atoms with Gasteiger partial charge in [-0.1, -0.05) is 24.6 Å². The van der Waals surface area contributed by atoms with E-state index >= 15 is 0 Å². The molecule has 0 aromatic heterocycles. The first-order valence-corrected chi connectivity index (χ1v) is 7.31. The summed E-state index contributed by atoms with van der Waals surface area (Å²) >= 11 is 0. The van der Waals surface area contributed by atoms with Crippen molar-refractivity contribution in [3.05, 3.63) is 29.3 Å². The molecule has 1 rings (SSSR count). The Kier molecular flexibility index (Phi) is 7.09. The molecule has 0 aliphatic carbocycles. The summed E-state index contributed by atoms with van der Waals surface area (Å²) in [6.45, 7) is 10.2. The number of rotatable bonds is 8. The minimum Gasteiger partial charge on any atom is -0.493 e. The van der Waals surface area contributed by atoms with Crippen LogP contribution in [0.1, 0.15) is 44.4 Å². The van der Waals surface area contributed by atoms with E-state index in [1.54, 1.807) is 0 Å². The number of benzene rings is 1. The third-order valence-electron chi connectivity index (χ3n) is 3.10. The van der Waals surface area contributed by atoms with Gasteiger partial charge in [-0.25, -0.2) is 0 Å². The molecule has 0 radical (unpaired) electrons. The lowest BCUT2D eigenvalue weighted by molar-refractivity contribution is -0.121. The first-order chi connectivity index (χ1) is 9.58. The zero-order valence-corrected chi connectivity index (χ0v) is 13.0. The number of hydrogen-bond acceptors (Lipinski definition) is 3. The molecule has 0 saturated heterocycles. The number of nitrogens with one attached hydrogen (secondary N) is 2. The molecule has 0 bridgehead atoms. The van der Waals surface area contributed by atoms with Crippen LogP contribution in [0.3, 0.4) is 0 Å². The Morgan fingerprint density at radius 2 is 2.05 bits per heavy atom. The summed E-state index contributed by atoms with van der Waals surface area (Å²) in [6.07, 6.45) is 0.386. The highest BCUT2D eigenvalue weighted by Crippen LogP contribution is 2.26. The van der Waals surface area contributed by atoms with Crippen LogP contribution in [-0.4, -0.2) is 25.6 Å². The minimum absolute atomic E-state index is 0.0286. The van der Waals surface area contributed by atoms with Gasteiger partial charge in [0.25, 0.3) is 0 Å². The Morgan fingerprint density at radius 3 is 2.70 bits per heavy atom. The van der Waals surface area contributed by atoms with Crippen LogP contribution < -0.4 is 15.4 Å². The molecule has 1 atom stereocenters. The molecule has 2 N–H and O–H groups in total. The fourth-order valence-corrected chi connectivity index (χ4v) is 2.09. The van der Waals surface area contributed by atoms with Crippen molar-refractivity contribution >= 4 is 5.91 Å². The SMILES string of the molecule is CCNC(=O)CCOc1ccc(C)cc1C(C)NCC. The molecule has 1 aromatic rings. The van der Waals surface area contributed by atoms with E-state index < -0.39 is 0 Å². The Bertz CT molecular complexity index is 432. The van der Waals surface area contributed by atoms with Crippen LogP contribution in [0, 0.1) is 6.92 Å². The number of aryl methyl sites for hydroxylation is 1. The second-order valence-electron chi connectivity index (χ2n) is 4.87. The van der Waals surface area contributed by atoms with Crippen molar-refractivity contribution in [3.8, 4) is 5.75 Å². The molecule has 0 aliphatic heterocycles. The highest BCUT2D eigenvalue weighted by atomic mass is 16.5. The summed E-state index contributed by atoms with van der Waals surface area (Å²) in [5.74, 6) is 0.884. The van der Waals surface area contributed by atoms with E-state index in [-0.39, 0.29) is 11.9 Å². The summed E-state index contributed by atoms with van der Waals surface area (Å²) in [4.78, 5) is 11.4. The molecule has 1 unspecified atom stereocenters. The Balaban J connectivity index is 2.66. The van der Waals surface area contributed by atoms with Crippen LogP contribution in [0.2, 0.25) is 0 Å². The summed E-state index contributed by atoms with van der Waals surface area (Å²) in [5, 5.41) is 6.16. The molecule has 0 spiro atoms. The van der Waals surface area contributed by atoms with E-state index in [1.807, 2.05) is 19.1 Å². The van der Waals surface area contributed by atoms with Gasteiger partial charge in [0, 0.05) is 18.2 Å².